The Labute approximate surface area is 95.6 Å². The summed E-state index contributed by atoms with van der Waals surface area (Å²) in [5.74, 6) is -0.165. The molecule has 88 valence electrons. The Morgan fingerprint density at radius 2 is 2.00 bits per heavy atom. The lowest BCUT2D eigenvalue weighted by molar-refractivity contribution is -0.114. The van der Waals surface area contributed by atoms with Crippen molar-refractivity contribution in [2.75, 3.05) is 11.6 Å². The maximum Gasteiger partial charge on any atom is 0.221 e. The van der Waals surface area contributed by atoms with Crippen molar-refractivity contribution in [2.24, 2.45) is 0 Å². The molecule has 0 spiro atoms. The zero-order valence-electron chi connectivity index (χ0n) is 9.57. The number of carbonyl (C=O) groups excluding carboxylic acids is 1. The van der Waals surface area contributed by atoms with Gasteiger partial charge >= 0.3 is 0 Å². The maximum absolute atomic E-state index is 11.3. The summed E-state index contributed by atoms with van der Waals surface area (Å²) in [4.78, 5) is 11.2. The molecule has 0 bridgehead atoms. The van der Waals surface area contributed by atoms with Crippen LogP contribution in [-0.2, 0) is 21.1 Å². The second-order valence-electron chi connectivity index (χ2n) is 3.63. The van der Waals surface area contributed by atoms with Gasteiger partial charge in [0, 0.05) is 18.9 Å². The monoisotopic (exact) mass is 241 g/mol. The molecular weight excluding hydrogens is 226 g/mol. The minimum atomic E-state index is -3.19. The molecule has 4 nitrogen and oxygen atoms in total. The fraction of sp³-hybridized carbons (Fsp3) is 0.364. The smallest absolute Gasteiger partial charge is 0.221 e. The van der Waals surface area contributed by atoms with E-state index in [-0.39, 0.29) is 10.8 Å². The van der Waals surface area contributed by atoms with E-state index in [1.807, 2.05) is 6.92 Å². The van der Waals surface area contributed by atoms with E-state index in [2.05, 4.69) is 5.32 Å². The van der Waals surface area contributed by atoms with Gasteiger partial charge in [-0.1, -0.05) is 6.92 Å². The summed E-state index contributed by atoms with van der Waals surface area (Å²) in [7, 11) is -3.19. The third kappa shape index (κ3) is 3.06. The van der Waals surface area contributed by atoms with Gasteiger partial charge in [-0.15, -0.1) is 0 Å². The first kappa shape index (κ1) is 12.7. The number of rotatable bonds is 3. The molecule has 0 atom stereocenters. The Balaban J connectivity index is 3.22. The van der Waals surface area contributed by atoms with Gasteiger partial charge in [0.15, 0.2) is 9.84 Å². The summed E-state index contributed by atoms with van der Waals surface area (Å²) in [5, 5.41) is 2.67. The fourth-order valence-electron chi connectivity index (χ4n) is 1.40. The third-order valence-corrected chi connectivity index (χ3v) is 3.31. The highest BCUT2D eigenvalue weighted by molar-refractivity contribution is 7.90. The topological polar surface area (TPSA) is 63.2 Å². The second kappa shape index (κ2) is 4.65. The van der Waals surface area contributed by atoms with Gasteiger partial charge in [0.1, 0.15) is 0 Å². The third-order valence-electron chi connectivity index (χ3n) is 2.20. The SMILES string of the molecule is CCc1cc(S(C)(=O)=O)ccc1NC(C)=O. The predicted molar refractivity (Wildman–Crippen MR) is 63.2 cm³/mol. The minimum absolute atomic E-state index is 0.165. The number of carbonyl (C=O) groups is 1. The van der Waals surface area contributed by atoms with Crippen molar-refractivity contribution in [1.29, 1.82) is 0 Å². The summed E-state index contributed by atoms with van der Waals surface area (Å²) >= 11 is 0. The van der Waals surface area contributed by atoms with Crippen LogP contribution in [0.5, 0.6) is 0 Å². The van der Waals surface area contributed by atoms with Crippen LogP contribution >= 0.6 is 0 Å². The first-order valence-electron chi connectivity index (χ1n) is 4.95. The predicted octanol–water partition coefficient (Wildman–Crippen LogP) is 1.61. The minimum Gasteiger partial charge on any atom is -0.326 e. The summed E-state index contributed by atoms with van der Waals surface area (Å²) in [6.45, 7) is 3.33. The van der Waals surface area contributed by atoms with Crippen molar-refractivity contribution in [3.05, 3.63) is 23.8 Å². The first-order chi connectivity index (χ1) is 7.34. The van der Waals surface area contributed by atoms with Gasteiger partial charge in [0.05, 0.1) is 4.90 Å². The van der Waals surface area contributed by atoms with Crippen molar-refractivity contribution in [2.45, 2.75) is 25.2 Å². The zero-order valence-corrected chi connectivity index (χ0v) is 10.4. The van der Waals surface area contributed by atoms with Crippen LogP contribution in [0.15, 0.2) is 23.1 Å². The number of sulfone groups is 1. The number of hydrogen-bond donors (Lipinski definition) is 1. The number of nitrogens with one attached hydrogen (secondary N) is 1. The quantitative estimate of drug-likeness (QED) is 0.874. The molecule has 0 radical (unpaired) electrons. The van der Waals surface area contributed by atoms with E-state index in [1.54, 1.807) is 12.1 Å². The number of benzene rings is 1. The molecule has 1 amide bonds. The van der Waals surface area contributed by atoms with Crippen LogP contribution in [0.4, 0.5) is 5.69 Å². The van der Waals surface area contributed by atoms with Crippen LogP contribution < -0.4 is 5.32 Å². The normalized spacial score (nSPS) is 11.2. The Morgan fingerprint density at radius 1 is 1.38 bits per heavy atom. The molecule has 0 heterocycles. The number of aryl methyl sites for hydroxylation is 1. The van der Waals surface area contributed by atoms with Crippen LogP contribution in [0, 0.1) is 0 Å². The molecule has 0 saturated heterocycles. The molecule has 0 saturated carbocycles. The number of hydrogen-bond acceptors (Lipinski definition) is 3. The molecule has 0 aliphatic carbocycles. The Kier molecular flexibility index (Phi) is 3.70. The average Bonchev–Trinajstić information content (AvgIpc) is 2.15. The van der Waals surface area contributed by atoms with E-state index in [1.165, 1.54) is 19.2 Å². The second-order valence-corrected chi connectivity index (χ2v) is 5.64. The lowest BCUT2D eigenvalue weighted by Gasteiger charge is -2.09. The zero-order chi connectivity index (χ0) is 12.3. The highest BCUT2D eigenvalue weighted by Gasteiger charge is 2.10. The molecule has 1 N–H and O–H groups in total. The first-order valence-corrected chi connectivity index (χ1v) is 6.84. The Bertz CT molecular complexity index is 506. The highest BCUT2D eigenvalue weighted by Crippen LogP contribution is 2.21. The molecule has 5 heteroatoms. The molecule has 0 fully saturated rings. The van der Waals surface area contributed by atoms with Crippen molar-refractivity contribution < 1.29 is 13.2 Å². The van der Waals surface area contributed by atoms with Crippen LogP contribution in [0.25, 0.3) is 0 Å². The molecule has 16 heavy (non-hydrogen) atoms. The van der Waals surface area contributed by atoms with Gasteiger partial charge in [-0.05, 0) is 30.2 Å². The van der Waals surface area contributed by atoms with Crippen LogP contribution in [0.3, 0.4) is 0 Å². The van der Waals surface area contributed by atoms with Gasteiger partial charge in [-0.3, -0.25) is 4.79 Å². The Morgan fingerprint density at radius 3 is 2.44 bits per heavy atom. The largest absolute Gasteiger partial charge is 0.326 e. The summed E-state index contributed by atoms with van der Waals surface area (Å²) in [6, 6.07) is 4.72. The molecule has 0 unspecified atom stereocenters. The number of amides is 1. The van der Waals surface area contributed by atoms with Gasteiger partial charge in [0.25, 0.3) is 0 Å². The molecule has 1 aromatic carbocycles. The van der Waals surface area contributed by atoms with Gasteiger partial charge < -0.3 is 5.32 Å². The van der Waals surface area contributed by atoms with Crippen molar-refractivity contribution >= 4 is 21.4 Å². The molecule has 1 aromatic rings. The van der Waals surface area contributed by atoms with Gasteiger partial charge in [-0.2, -0.15) is 0 Å². The van der Waals surface area contributed by atoms with Gasteiger partial charge in [-0.25, -0.2) is 8.42 Å². The van der Waals surface area contributed by atoms with E-state index in [4.69, 9.17) is 0 Å². The standard InChI is InChI=1S/C11H15NO3S/c1-4-9-7-10(16(3,14)15)5-6-11(9)12-8(2)13/h5-7H,4H2,1-3H3,(H,12,13). The average molecular weight is 241 g/mol. The summed E-state index contributed by atoms with van der Waals surface area (Å²) < 4.78 is 22.7. The van der Waals surface area contributed by atoms with Crippen LogP contribution in [0.2, 0.25) is 0 Å². The van der Waals surface area contributed by atoms with Gasteiger partial charge in [0.2, 0.25) is 5.91 Å². The Hall–Kier alpha value is -1.36. The highest BCUT2D eigenvalue weighted by atomic mass is 32.2. The summed E-state index contributed by atoms with van der Waals surface area (Å²) in [5.41, 5.74) is 1.49. The molecule has 0 aliphatic rings. The summed E-state index contributed by atoms with van der Waals surface area (Å²) in [6.07, 6.45) is 1.83. The number of anilines is 1. The molecule has 0 aromatic heterocycles. The fourth-order valence-corrected chi connectivity index (χ4v) is 2.08. The van der Waals surface area contributed by atoms with E-state index in [0.29, 0.717) is 12.1 Å². The lowest BCUT2D eigenvalue weighted by Crippen LogP contribution is -2.09. The maximum atomic E-state index is 11.3. The van der Waals surface area contributed by atoms with Crippen LogP contribution in [-0.4, -0.2) is 20.6 Å². The van der Waals surface area contributed by atoms with Crippen molar-refractivity contribution in [1.82, 2.24) is 0 Å². The van der Waals surface area contributed by atoms with E-state index in [9.17, 15) is 13.2 Å². The molecule has 0 aliphatic heterocycles. The van der Waals surface area contributed by atoms with E-state index >= 15 is 0 Å². The van der Waals surface area contributed by atoms with Crippen molar-refractivity contribution in [3.8, 4) is 0 Å². The van der Waals surface area contributed by atoms with E-state index in [0.717, 1.165) is 5.56 Å². The molecular formula is C11H15NO3S. The lowest BCUT2D eigenvalue weighted by atomic mass is 10.1. The van der Waals surface area contributed by atoms with Crippen molar-refractivity contribution in [3.63, 3.8) is 0 Å². The van der Waals surface area contributed by atoms with E-state index < -0.39 is 9.84 Å². The van der Waals surface area contributed by atoms with Crippen LogP contribution in [0.1, 0.15) is 19.4 Å². The molecule has 1 rings (SSSR count).